The fourth-order valence-electron chi connectivity index (χ4n) is 1.96. The molecule has 23 nitrogen and oxygen atoms in total. The lowest BCUT2D eigenvalue weighted by molar-refractivity contribution is 0.115. The molecule has 0 unspecified atom stereocenters. The first-order valence-corrected chi connectivity index (χ1v) is 14.2. The number of imidazole rings is 2. The molecule has 224 valence electrons. The predicted octanol–water partition coefficient (Wildman–Crippen LogP) is -6.35. The molecule has 0 bridgehead atoms. The highest BCUT2D eigenvalue weighted by Crippen LogP contribution is 2.68. The van der Waals surface area contributed by atoms with E-state index in [-0.39, 0.29) is 27.4 Å². The van der Waals surface area contributed by atoms with Crippen LogP contribution in [0.1, 0.15) is 0 Å². The summed E-state index contributed by atoms with van der Waals surface area (Å²) in [6, 6.07) is 0. The Morgan fingerprint density at radius 2 is 0.757 bits per heavy atom. The number of hydrogen-bond donors (Lipinski definition) is 10. The zero-order valence-electron chi connectivity index (χ0n) is 18.1. The van der Waals surface area contributed by atoms with Crippen LogP contribution in [-0.4, -0.2) is 106 Å². The van der Waals surface area contributed by atoms with Gasteiger partial charge in [-0.3, -0.25) is 18.3 Å². The van der Waals surface area contributed by atoms with Gasteiger partial charge in [0.25, 0.3) is 10.2 Å². The molecule has 0 atom stereocenters. The molecule has 2 aromatic heterocycles. The number of aromatic nitrogens is 4. The molecule has 0 saturated heterocycles. The van der Waals surface area contributed by atoms with Crippen LogP contribution in [0.3, 0.4) is 0 Å². The Balaban J connectivity index is -0.000000163. The quantitative estimate of drug-likeness (QED) is 0.121. The molecule has 20 N–H and O–H groups in total. The normalized spacial score (nSPS) is 12.2. The molecule has 27 heteroatoms. The van der Waals surface area contributed by atoms with E-state index in [1.165, 1.54) is 24.8 Å². The second-order valence-corrected chi connectivity index (χ2v) is 14.2. The van der Waals surface area contributed by atoms with Crippen molar-refractivity contribution in [3.8, 4) is 0 Å². The third-order valence-electron chi connectivity index (χ3n) is 3.77. The van der Waals surface area contributed by atoms with Gasteiger partial charge in [-0.15, -0.1) is 0 Å². The van der Waals surface area contributed by atoms with E-state index >= 15 is 0 Å². The Kier molecular flexibility index (Phi) is 19.0. The van der Waals surface area contributed by atoms with Crippen LogP contribution in [0.5, 0.6) is 0 Å². The third kappa shape index (κ3) is 10.8. The molecule has 0 saturated carbocycles. The minimum Gasteiger partial charge on any atom is -0.412 e. The van der Waals surface area contributed by atoms with Crippen molar-refractivity contribution < 1.29 is 95.0 Å². The monoisotopic (exact) mass is 634 g/mol. The molecule has 0 aliphatic carbocycles. The van der Waals surface area contributed by atoms with Crippen molar-refractivity contribution in [2.24, 2.45) is 0 Å². The highest BCUT2D eigenvalue weighted by molar-refractivity contribution is 7.72. The Morgan fingerprint density at radius 1 is 0.541 bits per heavy atom. The summed E-state index contributed by atoms with van der Waals surface area (Å²) < 4.78 is 45.7. The number of nitrogens with zero attached hydrogens (tertiary/aromatic N) is 4. The maximum Gasteiger partial charge on any atom is 0.371 e. The Hall–Kier alpha value is -1.26. The van der Waals surface area contributed by atoms with E-state index in [0.29, 0.717) is 0 Å². The van der Waals surface area contributed by atoms with Gasteiger partial charge in [0.15, 0.2) is 0 Å². The summed E-state index contributed by atoms with van der Waals surface area (Å²) in [6.45, 7) is -1.91. The highest BCUT2D eigenvalue weighted by atomic mass is 31.2. The fraction of sp³-hybridized carbons (Fsp3) is 0.400. The van der Waals surface area contributed by atoms with E-state index in [4.69, 9.17) is 39.1 Å². The lowest BCUT2D eigenvalue weighted by atomic mass is 10.6. The van der Waals surface area contributed by atoms with Gasteiger partial charge in [-0.05, 0) is 0 Å². The van der Waals surface area contributed by atoms with Crippen molar-refractivity contribution >= 4 is 30.4 Å². The Bertz CT molecular complexity index is 938. The van der Waals surface area contributed by atoms with E-state index in [1.807, 2.05) is 0 Å². The van der Waals surface area contributed by atoms with E-state index < -0.39 is 53.6 Å². The van der Waals surface area contributed by atoms with Crippen LogP contribution in [0.25, 0.3) is 0 Å². The fourth-order valence-corrected chi connectivity index (χ4v) is 6.06. The second-order valence-electron chi connectivity index (χ2n) is 6.19. The molecular formula is C10H30N4O19P4. The highest BCUT2D eigenvalue weighted by Gasteiger charge is 2.60. The van der Waals surface area contributed by atoms with E-state index in [1.54, 1.807) is 0 Å². The predicted molar refractivity (Wildman–Crippen MR) is 121 cm³/mol. The molecular weight excluding hydrogens is 604 g/mol. The van der Waals surface area contributed by atoms with Crippen LogP contribution >= 0.6 is 30.4 Å². The van der Waals surface area contributed by atoms with E-state index in [9.17, 15) is 28.5 Å². The molecule has 0 aliphatic rings. The molecule has 0 spiro atoms. The van der Waals surface area contributed by atoms with E-state index in [2.05, 4.69) is 9.97 Å². The van der Waals surface area contributed by atoms with Crippen molar-refractivity contribution in [2.45, 2.75) is 23.3 Å². The smallest absolute Gasteiger partial charge is 0.371 e. The minimum atomic E-state index is -5.41. The summed E-state index contributed by atoms with van der Waals surface area (Å²) in [6.07, 6.45) is 7.01. The molecule has 0 aromatic carbocycles. The lowest BCUT2D eigenvalue weighted by Gasteiger charge is -2.29. The zero-order valence-corrected chi connectivity index (χ0v) is 21.6. The molecule has 0 amide bonds. The topological polar surface area (TPSA) is 464 Å². The summed E-state index contributed by atoms with van der Waals surface area (Å²) in [5, 5.41) is 12.1. The SMILES string of the molecule is O.O.O.O.O.O=P(O)(O)C(O)(Cn1ccnc1)P(=O)(O)O.O=P(O)(O)C(O)(Cn1ccnc1)P(=O)(O)O. The van der Waals surface area contributed by atoms with Crippen molar-refractivity contribution in [3.63, 3.8) is 0 Å². The molecule has 37 heavy (non-hydrogen) atoms. The molecule has 0 aliphatic heterocycles. The standard InChI is InChI=1S/2C5H10N2O7P2.5H2O/c2*8-5(15(9,10)11,16(12,13)14)3-7-2-1-6-4-7;;;;;/h2*1-2,4,8H,3H2,(H2,9,10,11)(H2,12,13,14);5*1H2. The molecule has 0 fully saturated rings. The average molecular weight is 634 g/mol. The largest absolute Gasteiger partial charge is 0.412 e. The second kappa shape index (κ2) is 15.4. The molecule has 2 rings (SSSR count). The number of aliphatic hydroxyl groups is 2. The van der Waals surface area contributed by atoms with Crippen LogP contribution in [-0.2, 0) is 31.3 Å². The van der Waals surface area contributed by atoms with Gasteiger partial charge in [0, 0.05) is 24.8 Å². The van der Waals surface area contributed by atoms with Gasteiger partial charge in [0.1, 0.15) is 0 Å². The van der Waals surface area contributed by atoms with Crippen LogP contribution in [0.2, 0.25) is 0 Å². The zero-order chi connectivity index (χ0) is 25.2. The summed E-state index contributed by atoms with van der Waals surface area (Å²) in [7, 11) is -21.6. The van der Waals surface area contributed by atoms with Gasteiger partial charge in [0.2, 0.25) is 0 Å². The van der Waals surface area contributed by atoms with Gasteiger partial charge in [-0.1, -0.05) is 0 Å². The first-order valence-electron chi connectivity index (χ1n) is 7.74. The summed E-state index contributed by atoms with van der Waals surface area (Å²) in [4.78, 5) is 77.5. The van der Waals surface area contributed by atoms with Crippen LogP contribution in [0.4, 0.5) is 0 Å². The molecule has 2 heterocycles. The minimum absolute atomic E-state index is 0. The van der Waals surface area contributed by atoms with Crippen molar-refractivity contribution in [1.29, 1.82) is 0 Å². The average Bonchev–Trinajstić information content (AvgIpc) is 3.25. The van der Waals surface area contributed by atoms with Crippen LogP contribution in [0, 0.1) is 0 Å². The maximum atomic E-state index is 10.9. The first-order chi connectivity index (χ1) is 14.2. The molecule has 0 radical (unpaired) electrons. The Morgan fingerprint density at radius 3 is 0.892 bits per heavy atom. The van der Waals surface area contributed by atoms with Crippen molar-refractivity contribution in [1.82, 2.24) is 19.1 Å². The maximum absolute atomic E-state index is 10.9. The number of hydrogen-bond acceptors (Lipinski definition) is 8. The van der Waals surface area contributed by atoms with E-state index in [0.717, 1.165) is 21.8 Å². The first kappa shape index (κ1) is 45.6. The van der Waals surface area contributed by atoms with Gasteiger partial charge in [0.05, 0.1) is 25.7 Å². The Labute approximate surface area is 205 Å². The molecule has 2 aromatic rings. The van der Waals surface area contributed by atoms with Gasteiger partial charge in [-0.2, -0.15) is 0 Å². The van der Waals surface area contributed by atoms with Gasteiger partial charge < -0.3 is 85.9 Å². The van der Waals surface area contributed by atoms with Gasteiger partial charge in [-0.25, -0.2) is 9.97 Å². The van der Waals surface area contributed by atoms with Gasteiger partial charge >= 0.3 is 30.4 Å². The summed E-state index contributed by atoms with van der Waals surface area (Å²) in [5.41, 5.74) is 0. The van der Waals surface area contributed by atoms with Crippen molar-refractivity contribution in [2.75, 3.05) is 0 Å². The third-order valence-corrected chi connectivity index (χ3v) is 11.2. The summed E-state index contributed by atoms with van der Waals surface area (Å²) in [5.74, 6) is 0. The summed E-state index contributed by atoms with van der Waals surface area (Å²) >= 11 is 0. The number of rotatable bonds is 8. The van der Waals surface area contributed by atoms with Crippen LogP contribution in [0.15, 0.2) is 37.4 Å². The lowest BCUT2D eigenvalue weighted by Crippen LogP contribution is -2.33. The van der Waals surface area contributed by atoms with Crippen LogP contribution < -0.4 is 0 Å². The van der Waals surface area contributed by atoms with Crippen molar-refractivity contribution in [3.05, 3.63) is 37.4 Å².